The van der Waals surface area contributed by atoms with Crippen LogP contribution in [0, 0.1) is 0 Å². The van der Waals surface area contributed by atoms with E-state index in [1.54, 1.807) is 7.11 Å². The highest BCUT2D eigenvalue weighted by atomic mass is 16.5. The molecule has 3 heteroatoms. The van der Waals surface area contributed by atoms with E-state index >= 15 is 0 Å². The maximum absolute atomic E-state index is 5.04. The molecule has 0 aromatic carbocycles. The van der Waals surface area contributed by atoms with Crippen molar-refractivity contribution in [1.29, 1.82) is 0 Å². The second-order valence-corrected chi connectivity index (χ2v) is 1.89. The van der Waals surface area contributed by atoms with Gasteiger partial charge in [-0.1, -0.05) is 0 Å². The van der Waals surface area contributed by atoms with Gasteiger partial charge < -0.3 is 4.74 Å². The van der Waals surface area contributed by atoms with Crippen molar-refractivity contribution in [1.82, 2.24) is 4.98 Å². The van der Waals surface area contributed by atoms with Crippen LogP contribution in [0.25, 0.3) is 0 Å². The Morgan fingerprint density at radius 2 is 2.44 bits per heavy atom. The molecule has 0 bridgehead atoms. The number of methoxy groups -OCH3 is 1. The molecule has 50 valence electrons. The SMILES string of the molecule is COC(C)[n+]1cc[nH]c1. The minimum absolute atomic E-state index is 0.122. The monoisotopic (exact) mass is 127 g/mol. The lowest BCUT2D eigenvalue weighted by Crippen LogP contribution is -2.35. The predicted octanol–water partition coefficient (Wildman–Crippen LogP) is 0.467. The molecule has 0 radical (unpaired) electrons. The Balaban J connectivity index is 2.65. The Labute approximate surface area is 54.3 Å². The first-order valence-electron chi connectivity index (χ1n) is 2.91. The van der Waals surface area contributed by atoms with Gasteiger partial charge in [0.25, 0.3) is 0 Å². The van der Waals surface area contributed by atoms with E-state index < -0.39 is 0 Å². The number of hydrogen-bond donors (Lipinski definition) is 1. The zero-order valence-electron chi connectivity index (χ0n) is 5.66. The quantitative estimate of drug-likeness (QED) is 0.575. The zero-order chi connectivity index (χ0) is 6.69. The number of H-pyrrole nitrogens is 1. The summed E-state index contributed by atoms with van der Waals surface area (Å²) in [4.78, 5) is 2.93. The van der Waals surface area contributed by atoms with Gasteiger partial charge in [-0.05, 0) is 0 Å². The fourth-order valence-electron chi connectivity index (χ4n) is 0.649. The van der Waals surface area contributed by atoms with E-state index in [0.717, 1.165) is 0 Å². The molecule has 1 rings (SSSR count). The third kappa shape index (κ3) is 1.29. The molecule has 1 unspecified atom stereocenters. The first-order chi connectivity index (χ1) is 4.34. The van der Waals surface area contributed by atoms with E-state index in [4.69, 9.17) is 4.74 Å². The van der Waals surface area contributed by atoms with Gasteiger partial charge in [-0.3, -0.25) is 4.98 Å². The topological polar surface area (TPSA) is 28.9 Å². The fraction of sp³-hybridized carbons (Fsp3) is 0.500. The van der Waals surface area contributed by atoms with Crippen LogP contribution >= 0.6 is 0 Å². The van der Waals surface area contributed by atoms with Gasteiger partial charge in [0, 0.05) is 14.0 Å². The first-order valence-corrected chi connectivity index (χ1v) is 2.91. The Kier molecular flexibility index (Phi) is 1.85. The second kappa shape index (κ2) is 2.64. The number of rotatable bonds is 2. The van der Waals surface area contributed by atoms with Gasteiger partial charge in [-0.15, -0.1) is 0 Å². The molecule has 1 N–H and O–H groups in total. The van der Waals surface area contributed by atoms with E-state index in [9.17, 15) is 0 Å². The highest BCUT2D eigenvalue weighted by Gasteiger charge is 2.04. The molecule has 0 amide bonds. The van der Waals surface area contributed by atoms with Crippen LogP contribution in [0.3, 0.4) is 0 Å². The van der Waals surface area contributed by atoms with Gasteiger partial charge in [0.15, 0.2) is 6.23 Å². The maximum Gasteiger partial charge on any atom is 0.243 e. The largest absolute Gasteiger partial charge is 0.343 e. The van der Waals surface area contributed by atoms with Crippen LogP contribution in [0.4, 0.5) is 0 Å². The molecule has 3 nitrogen and oxygen atoms in total. The summed E-state index contributed by atoms with van der Waals surface area (Å²) in [6.07, 6.45) is 5.76. The molecule has 1 heterocycles. The third-order valence-corrected chi connectivity index (χ3v) is 1.33. The Morgan fingerprint density at radius 1 is 1.67 bits per heavy atom. The molecule has 1 aromatic rings. The van der Waals surface area contributed by atoms with Crippen molar-refractivity contribution in [2.75, 3.05) is 7.11 Å². The highest BCUT2D eigenvalue weighted by Crippen LogP contribution is 1.90. The Bertz CT molecular complexity index is 160. The van der Waals surface area contributed by atoms with Crippen molar-refractivity contribution in [2.24, 2.45) is 0 Å². The molecule has 9 heavy (non-hydrogen) atoms. The molecule has 0 saturated heterocycles. The zero-order valence-corrected chi connectivity index (χ0v) is 5.66. The molecule has 1 atom stereocenters. The van der Waals surface area contributed by atoms with E-state index in [0.29, 0.717) is 0 Å². The van der Waals surface area contributed by atoms with Crippen molar-refractivity contribution in [2.45, 2.75) is 13.2 Å². The molecule has 0 aliphatic rings. The second-order valence-electron chi connectivity index (χ2n) is 1.89. The minimum atomic E-state index is 0.122. The van der Waals surface area contributed by atoms with Gasteiger partial charge in [0.2, 0.25) is 6.33 Å². The normalized spacial score (nSPS) is 13.6. The van der Waals surface area contributed by atoms with Crippen LogP contribution in [0.1, 0.15) is 13.2 Å². The van der Waals surface area contributed by atoms with Crippen LogP contribution in [0.15, 0.2) is 18.7 Å². The molecule has 0 aliphatic heterocycles. The molecule has 0 saturated carbocycles. The highest BCUT2D eigenvalue weighted by molar-refractivity contribution is 4.55. The Hall–Kier alpha value is -0.830. The van der Waals surface area contributed by atoms with Crippen molar-refractivity contribution in [3.63, 3.8) is 0 Å². The molecule has 0 spiro atoms. The summed E-state index contributed by atoms with van der Waals surface area (Å²) in [5.74, 6) is 0. The Morgan fingerprint density at radius 3 is 2.89 bits per heavy atom. The number of imidazole rings is 1. The molecular formula is C6H11N2O+. The number of ether oxygens (including phenoxy) is 1. The van der Waals surface area contributed by atoms with Crippen molar-refractivity contribution in [3.05, 3.63) is 18.7 Å². The maximum atomic E-state index is 5.04. The number of hydrogen-bond acceptors (Lipinski definition) is 1. The summed E-state index contributed by atoms with van der Waals surface area (Å²) in [7, 11) is 1.69. The van der Waals surface area contributed by atoms with Gasteiger partial charge in [0.05, 0.1) is 0 Å². The number of aromatic nitrogens is 2. The van der Waals surface area contributed by atoms with Crippen molar-refractivity contribution in [3.8, 4) is 0 Å². The lowest BCUT2D eigenvalue weighted by molar-refractivity contribution is -0.756. The van der Waals surface area contributed by atoms with Gasteiger partial charge in [-0.2, -0.15) is 0 Å². The molecule has 0 fully saturated rings. The summed E-state index contributed by atoms with van der Waals surface area (Å²) < 4.78 is 6.98. The van der Waals surface area contributed by atoms with Gasteiger partial charge in [0.1, 0.15) is 12.4 Å². The molecular weight excluding hydrogens is 116 g/mol. The standard InChI is InChI=1S/C6H10N2O/c1-6(9-2)8-4-3-7-5-8/h3-6H,1-2H3/p+1. The number of aromatic amines is 1. The van der Waals surface area contributed by atoms with Crippen LogP contribution in [0.5, 0.6) is 0 Å². The van der Waals surface area contributed by atoms with Gasteiger partial charge >= 0.3 is 0 Å². The predicted molar refractivity (Wildman–Crippen MR) is 32.7 cm³/mol. The van der Waals surface area contributed by atoms with Crippen LogP contribution < -0.4 is 4.57 Å². The van der Waals surface area contributed by atoms with E-state index in [-0.39, 0.29) is 6.23 Å². The molecule has 0 aliphatic carbocycles. The van der Waals surface area contributed by atoms with E-state index in [1.165, 1.54) is 0 Å². The lowest BCUT2D eigenvalue weighted by Gasteiger charge is -2.02. The van der Waals surface area contributed by atoms with Crippen molar-refractivity contribution < 1.29 is 9.30 Å². The van der Waals surface area contributed by atoms with Crippen LogP contribution in [-0.2, 0) is 4.74 Å². The lowest BCUT2D eigenvalue weighted by atomic mass is 10.6. The summed E-state index contributed by atoms with van der Waals surface area (Å²) >= 11 is 0. The number of nitrogens with zero attached hydrogens (tertiary/aromatic N) is 1. The van der Waals surface area contributed by atoms with Gasteiger partial charge in [-0.25, -0.2) is 4.57 Å². The van der Waals surface area contributed by atoms with E-state index in [1.807, 2.05) is 30.2 Å². The summed E-state index contributed by atoms with van der Waals surface area (Å²) in [5.41, 5.74) is 0. The summed E-state index contributed by atoms with van der Waals surface area (Å²) in [6, 6.07) is 0. The minimum Gasteiger partial charge on any atom is -0.343 e. The number of nitrogens with one attached hydrogen (secondary N) is 1. The first kappa shape index (κ1) is 6.29. The van der Waals surface area contributed by atoms with Crippen molar-refractivity contribution >= 4 is 0 Å². The molecule has 1 aromatic heterocycles. The van der Waals surface area contributed by atoms with E-state index in [2.05, 4.69) is 4.98 Å². The smallest absolute Gasteiger partial charge is 0.243 e. The third-order valence-electron chi connectivity index (χ3n) is 1.33. The van der Waals surface area contributed by atoms with Crippen LogP contribution in [0.2, 0.25) is 0 Å². The average Bonchev–Trinajstić information content (AvgIpc) is 2.37. The average molecular weight is 127 g/mol. The fourth-order valence-corrected chi connectivity index (χ4v) is 0.649. The van der Waals surface area contributed by atoms with Crippen LogP contribution in [-0.4, -0.2) is 12.1 Å². The summed E-state index contributed by atoms with van der Waals surface area (Å²) in [5, 5.41) is 0. The summed E-state index contributed by atoms with van der Waals surface area (Å²) in [6.45, 7) is 1.98.